The lowest BCUT2D eigenvalue weighted by atomic mass is 10.3. The van der Waals surface area contributed by atoms with Gasteiger partial charge in [0.1, 0.15) is 16.5 Å². The lowest BCUT2D eigenvalue weighted by Crippen LogP contribution is -2.23. The van der Waals surface area contributed by atoms with Crippen molar-refractivity contribution in [2.24, 2.45) is 0 Å². The Morgan fingerprint density at radius 2 is 1.81 bits per heavy atom. The van der Waals surface area contributed by atoms with Crippen molar-refractivity contribution in [3.05, 3.63) is 48.3 Å². The quantitative estimate of drug-likeness (QED) is 0.880. The molecule has 7 heteroatoms. The van der Waals surface area contributed by atoms with Crippen LogP contribution in [0.25, 0.3) is 0 Å². The van der Waals surface area contributed by atoms with E-state index >= 15 is 0 Å². The number of nitrogen functional groups attached to an aromatic ring is 1. The molecule has 2 aromatic carbocycles. The van der Waals surface area contributed by atoms with Gasteiger partial charge in [0, 0.05) is 20.2 Å². The second-order valence-electron chi connectivity index (χ2n) is 4.51. The summed E-state index contributed by atoms with van der Waals surface area (Å²) < 4.78 is 43.9. The minimum absolute atomic E-state index is 0.0181. The Labute approximate surface area is 122 Å². The summed E-state index contributed by atoms with van der Waals surface area (Å²) in [5.41, 5.74) is 5.85. The average molecular weight is 310 g/mol. The molecule has 0 aliphatic carbocycles. The number of nitrogens with zero attached hydrogens (tertiary/aromatic N) is 1. The standard InChI is InChI=1S/C14H15FN2O3S/c1-17(2)21(18,19)13-8-4-7-12(14(13)16)20-11-6-3-5-10(15)9-11/h3-9H,16H2,1-2H3. The van der Waals surface area contributed by atoms with E-state index in [0.717, 1.165) is 4.31 Å². The zero-order chi connectivity index (χ0) is 15.6. The zero-order valence-electron chi connectivity index (χ0n) is 11.6. The van der Waals surface area contributed by atoms with Crippen LogP contribution in [-0.2, 0) is 10.0 Å². The van der Waals surface area contributed by atoms with Crippen molar-refractivity contribution in [2.45, 2.75) is 4.90 Å². The topological polar surface area (TPSA) is 72.6 Å². The minimum atomic E-state index is -3.68. The van der Waals surface area contributed by atoms with E-state index in [1.165, 1.54) is 50.5 Å². The molecule has 2 aromatic rings. The molecular weight excluding hydrogens is 295 g/mol. The van der Waals surface area contributed by atoms with E-state index in [2.05, 4.69) is 0 Å². The molecule has 0 aliphatic heterocycles. The summed E-state index contributed by atoms with van der Waals surface area (Å²) in [4.78, 5) is -0.0543. The van der Waals surface area contributed by atoms with Gasteiger partial charge in [-0.1, -0.05) is 12.1 Å². The van der Waals surface area contributed by atoms with Crippen LogP contribution in [0.2, 0.25) is 0 Å². The highest BCUT2D eigenvalue weighted by Gasteiger charge is 2.22. The number of halogens is 1. The van der Waals surface area contributed by atoms with Crippen molar-refractivity contribution in [1.29, 1.82) is 0 Å². The molecule has 0 aromatic heterocycles. The predicted molar refractivity (Wildman–Crippen MR) is 78.2 cm³/mol. The van der Waals surface area contributed by atoms with Crippen molar-refractivity contribution in [3.63, 3.8) is 0 Å². The maximum atomic E-state index is 13.1. The van der Waals surface area contributed by atoms with Crippen molar-refractivity contribution < 1.29 is 17.5 Å². The number of ether oxygens (including phenoxy) is 1. The summed E-state index contributed by atoms with van der Waals surface area (Å²) in [6.45, 7) is 0. The highest BCUT2D eigenvalue weighted by atomic mass is 32.2. The number of hydrogen-bond donors (Lipinski definition) is 1. The molecule has 0 unspecified atom stereocenters. The lowest BCUT2D eigenvalue weighted by Gasteiger charge is -2.15. The van der Waals surface area contributed by atoms with Gasteiger partial charge in [0.2, 0.25) is 10.0 Å². The van der Waals surface area contributed by atoms with E-state index in [1.807, 2.05) is 0 Å². The average Bonchev–Trinajstić information content (AvgIpc) is 2.41. The predicted octanol–water partition coefficient (Wildman–Crippen LogP) is 2.45. The second kappa shape index (κ2) is 5.71. The molecule has 0 atom stereocenters. The fourth-order valence-corrected chi connectivity index (χ4v) is 2.71. The summed E-state index contributed by atoms with van der Waals surface area (Å²) in [7, 11) is -0.853. The van der Waals surface area contributed by atoms with Gasteiger partial charge < -0.3 is 10.5 Å². The van der Waals surface area contributed by atoms with Crippen LogP contribution in [0.5, 0.6) is 11.5 Å². The van der Waals surface area contributed by atoms with E-state index in [9.17, 15) is 12.8 Å². The monoisotopic (exact) mass is 310 g/mol. The largest absolute Gasteiger partial charge is 0.455 e. The van der Waals surface area contributed by atoms with Gasteiger partial charge in [-0.3, -0.25) is 0 Å². The second-order valence-corrected chi connectivity index (χ2v) is 6.64. The normalized spacial score (nSPS) is 11.6. The van der Waals surface area contributed by atoms with Crippen molar-refractivity contribution in [3.8, 4) is 11.5 Å². The molecule has 0 saturated carbocycles. The number of anilines is 1. The molecule has 2 rings (SSSR count). The van der Waals surface area contributed by atoms with Crippen LogP contribution in [0.1, 0.15) is 0 Å². The van der Waals surface area contributed by atoms with Crippen LogP contribution in [0.3, 0.4) is 0 Å². The van der Waals surface area contributed by atoms with E-state index in [4.69, 9.17) is 10.5 Å². The Bertz CT molecular complexity index is 761. The first-order chi connectivity index (χ1) is 9.82. The van der Waals surface area contributed by atoms with E-state index < -0.39 is 15.8 Å². The molecule has 5 nitrogen and oxygen atoms in total. The van der Waals surface area contributed by atoms with E-state index in [0.29, 0.717) is 0 Å². The Hall–Kier alpha value is -2.12. The first-order valence-electron chi connectivity index (χ1n) is 6.07. The van der Waals surface area contributed by atoms with Crippen molar-refractivity contribution >= 4 is 15.7 Å². The zero-order valence-corrected chi connectivity index (χ0v) is 12.4. The van der Waals surface area contributed by atoms with Crippen LogP contribution in [0.15, 0.2) is 47.4 Å². The van der Waals surface area contributed by atoms with Gasteiger partial charge >= 0.3 is 0 Å². The summed E-state index contributed by atoms with van der Waals surface area (Å²) >= 11 is 0. The van der Waals surface area contributed by atoms with Gasteiger partial charge in [0.15, 0.2) is 5.75 Å². The summed E-state index contributed by atoms with van der Waals surface area (Å²) in [5.74, 6) is -0.0623. The molecule has 0 bridgehead atoms. The number of benzene rings is 2. The molecule has 0 radical (unpaired) electrons. The van der Waals surface area contributed by atoms with Gasteiger partial charge in [-0.05, 0) is 24.3 Å². The van der Waals surface area contributed by atoms with E-state index in [1.54, 1.807) is 6.07 Å². The Kier molecular flexibility index (Phi) is 4.15. The third kappa shape index (κ3) is 3.14. The molecule has 2 N–H and O–H groups in total. The highest BCUT2D eigenvalue weighted by molar-refractivity contribution is 7.89. The third-order valence-corrected chi connectivity index (χ3v) is 4.68. The van der Waals surface area contributed by atoms with Crippen LogP contribution >= 0.6 is 0 Å². The number of rotatable bonds is 4. The Morgan fingerprint density at radius 3 is 2.43 bits per heavy atom. The fourth-order valence-electron chi connectivity index (χ4n) is 1.69. The first kappa shape index (κ1) is 15.3. The van der Waals surface area contributed by atoms with Crippen molar-refractivity contribution in [1.82, 2.24) is 4.31 Å². The smallest absolute Gasteiger partial charge is 0.244 e. The number of nitrogens with two attached hydrogens (primary N) is 1. The minimum Gasteiger partial charge on any atom is -0.455 e. The van der Waals surface area contributed by atoms with Crippen LogP contribution in [0.4, 0.5) is 10.1 Å². The number of hydrogen-bond acceptors (Lipinski definition) is 4. The van der Waals surface area contributed by atoms with Gasteiger partial charge in [-0.25, -0.2) is 17.1 Å². The maximum absolute atomic E-state index is 13.1. The van der Waals surface area contributed by atoms with E-state index in [-0.39, 0.29) is 22.1 Å². The molecule has 0 saturated heterocycles. The van der Waals surface area contributed by atoms with Crippen molar-refractivity contribution in [2.75, 3.05) is 19.8 Å². The number of sulfonamides is 1. The molecule has 0 aliphatic rings. The third-order valence-electron chi connectivity index (χ3n) is 2.81. The van der Waals surface area contributed by atoms with Gasteiger partial charge in [-0.2, -0.15) is 0 Å². The molecule has 21 heavy (non-hydrogen) atoms. The Morgan fingerprint density at radius 1 is 1.14 bits per heavy atom. The number of para-hydroxylation sites is 1. The van der Waals surface area contributed by atoms with Crippen LogP contribution in [-0.4, -0.2) is 26.8 Å². The van der Waals surface area contributed by atoms with Crippen LogP contribution in [0, 0.1) is 5.82 Å². The van der Waals surface area contributed by atoms with Gasteiger partial charge in [0.25, 0.3) is 0 Å². The molecular formula is C14H15FN2O3S. The van der Waals surface area contributed by atoms with Crippen LogP contribution < -0.4 is 10.5 Å². The maximum Gasteiger partial charge on any atom is 0.244 e. The van der Waals surface area contributed by atoms with Gasteiger partial charge in [0.05, 0.1) is 5.69 Å². The lowest BCUT2D eigenvalue weighted by molar-refractivity contribution is 0.476. The molecule has 0 spiro atoms. The molecule has 112 valence electrons. The summed E-state index contributed by atoms with van der Waals surface area (Å²) in [6, 6.07) is 9.94. The fraction of sp³-hybridized carbons (Fsp3) is 0.143. The molecule has 0 fully saturated rings. The molecule has 0 heterocycles. The summed E-state index contributed by atoms with van der Waals surface area (Å²) in [6.07, 6.45) is 0. The molecule has 0 amide bonds. The SMILES string of the molecule is CN(C)S(=O)(=O)c1cccc(Oc2cccc(F)c2)c1N. The summed E-state index contributed by atoms with van der Waals surface area (Å²) in [5, 5.41) is 0. The Balaban J connectivity index is 2.44. The highest BCUT2D eigenvalue weighted by Crippen LogP contribution is 2.33. The van der Waals surface area contributed by atoms with Gasteiger partial charge in [-0.15, -0.1) is 0 Å². The first-order valence-corrected chi connectivity index (χ1v) is 7.51.